The van der Waals surface area contributed by atoms with Crippen molar-refractivity contribution in [2.75, 3.05) is 13.2 Å². The van der Waals surface area contributed by atoms with Crippen LogP contribution >= 0.6 is 0 Å². The number of hydrogen-bond donors (Lipinski definition) is 0. The van der Waals surface area contributed by atoms with Crippen LogP contribution in [0.1, 0.15) is 52.6 Å². The number of rotatable bonds is 8. The van der Waals surface area contributed by atoms with Crippen molar-refractivity contribution >= 4 is 45.4 Å². The van der Waals surface area contributed by atoms with Gasteiger partial charge in [-0.25, -0.2) is 19.2 Å². The first-order valence-corrected chi connectivity index (χ1v) is 17.5. The Morgan fingerprint density at radius 2 is 0.796 bits per heavy atom. The molecular weight excluding hydrogens is 688 g/mol. The molecule has 0 unspecified atom stereocenters. The monoisotopic (exact) mass is 722 g/mol. The highest BCUT2D eigenvalue weighted by atomic mass is 16.7. The molecule has 0 radical (unpaired) electrons. The van der Waals surface area contributed by atoms with Crippen molar-refractivity contribution in [2.24, 2.45) is 0 Å². The van der Waals surface area contributed by atoms with Crippen molar-refractivity contribution in [1.29, 1.82) is 0 Å². The molecule has 2 aliphatic heterocycles. The quantitative estimate of drug-likeness (QED) is 0.115. The first-order valence-electron chi connectivity index (χ1n) is 17.5. The summed E-state index contributed by atoms with van der Waals surface area (Å²) >= 11 is 0. The molecule has 2 aliphatic rings. The van der Waals surface area contributed by atoms with Gasteiger partial charge in [-0.15, -0.1) is 0 Å². The number of fused-ring (bicyclic) bond motifs is 3. The van der Waals surface area contributed by atoms with Gasteiger partial charge in [-0.3, -0.25) is 0 Å². The molecule has 0 aromatic heterocycles. The first kappa shape index (κ1) is 34.7. The van der Waals surface area contributed by atoms with Gasteiger partial charge >= 0.3 is 23.9 Å². The molecule has 2 fully saturated rings. The van der Waals surface area contributed by atoms with Crippen LogP contribution in [-0.4, -0.2) is 61.5 Å². The summed E-state index contributed by atoms with van der Waals surface area (Å²) in [6, 6.07) is 34.9. The Morgan fingerprint density at radius 1 is 0.444 bits per heavy atom. The van der Waals surface area contributed by atoms with Crippen molar-refractivity contribution < 1.29 is 47.6 Å². The molecule has 6 aromatic carbocycles. The summed E-state index contributed by atoms with van der Waals surface area (Å²) in [7, 11) is 0. The molecule has 0 bridgehead atoms. The maximum Gasteiger partial charge on any atom is 0.343 e. The Bertz CT molecular complexity index is 2250. The molecule has 2 heterocycles. The van der Waals surface area contributed by atoms with Crippen molar-refractivity contribution in [3.63, 3.8) is 0 Å². The summed E-state index contributed by atoms with van der Waals surface area (Å²) in [5.41, 5.74) is 3.59. The fraction of sp³-hybridized carbons (Fsp3) is 0.182. The maximum absolute atomic E-state index is 13.0. The van der Waals surface area contributed by atoms with Crippen LogP contribution in [0.3, 0.4) is 0 Å². The predicted molar refractivity (Wildman–Crippen MR) is 198 cm³/mol. The van der Waals surface area contributed by atoms with E-state index >= 15 is 0 Å². The highest BCUT2D eigenvalue weighted by molar-refractivity contribution is 5.98. The third kappa shape index (κ3) is 7.30. The van der Waals surface area contributed by atoms with Crippen LogP contribution in [0.4, 0.5) is 0 Å². The van der Waals surface area contributed by atoms with Crippen LogP contribution in [0.25, 0.3) is 21.5 Å². The minimum Gasteiger partial charge on any atom is -0.453 e. The number of carbonyl (C=O) groups excluding carboxylic acids is 4. The van der Waals surface area contributed by atoms with E-state index in [9.17, 15) is 19.2 Å². The lowest BCUT2D eigenvalue weighted by atomic mass is 10.0. The van der Waals surface area contributed by atoms with Crippen molar-refractivity contribution in [2.45, 2.75) is 38.3 Å². The van der Waals surface area contributed by atoms with Gasteiger partial charge in [0.1, 0.15) is 23.7 Å². The lowest BCUT2D eigenvalue weighted by Gasteiger charge is -2.17. The van der Waals surface area contributed by atoms with Gasteiger partial charge in [0.25, 0.3) is 0 Å². The highest BCUT2D eigenvalue weighted by Gasteiger charge is 2.51. The van der Waals surface area contributed by atoms with Gasteiger partial charge in [-0.1, -0.05) is 59.7 Å². The average Bonchev–Trinajstić information content (AvgIpc) is 3.77. The van der Waals surface area contributed by atoms with E-state index in [2.05, 4.69) is 0 Å². The van der Waals surface area contributed by atoms with Gasteiger partial charge in [0.15, 0.2) is 12.2 Å². The molecule has 270 valence electrons. The molecule has 0 N–H and O–H groups in total. The SMILES string of the molecule is Cc1ccc2cc(C(=O)Oc3ccc(C(=O)O[C@@H]4CO[C@H]5[C@@H]4OC[C@H]5OC(=O)c4ccc(OC(=O)c5ccc6cc(C)ccc6c5)cc4)cc3)ccc2c1. The van der Waals surface area contributed by atoms with Gasteiger partial charge in [0, 0.05) is 0 Å². The summed E-state index contributed by atoms with van der Waals surface area (Å²) in [5.74, 6) is -1.68. The number of benzene rings is 6. The highest BCUT2D eigenvalue weighted by Crippen LogP contribution is 2.32. The predicted octanol–water partition coefficient (Wildman–Crippen LogP) is 7.60. The fourth-order valence-electron chi connectivity index (χ4n) is 6.68. The van der Waals surface area contributed by atoms with E-state index in [4.69, 9.17) is 28.4 Å². The normalized spacial score (nSPS) is 18.9. The lowest BCUT2D eigenvalue weighted by molar-refractivity contribution is -0.0287. The Hall–Kier alpha value is -6.36. The minimum absolute atomic E-state index is 0.0626. The van der Waals surface area contributed by atoms with E-state index in [0.717, 1.165) is 32.7 Å². The Labute approximate surface area is 310 Å². The summed E-state index contributed by atoms with van der Waals surface area (Å²) in [5, 5.41) is 3.93. The number of esters is 4. The molecule has 10 nitrogen and oxygen atoms in total. The third-order valence-electron chi connectivity index (χ3n) is 9.54. The Balaban J connectivity index is 0.820. The standard InChI is InChI=1S/C44H34O10/c1-25-3-5-31-21-33(9-7-29(31)19-25)43(47)51-35-15-11-27(12-16-35)41(45)53-37-23-49-40-38(24-50-39(37)40)54-42(46)28-13-17-36(18-14-28)52-44(48)34-10-8-30-20-26(2)4-6-32(30)22-34/h3-22,37-40H,23-24H2,1-2H3/t37-,38-,39-,40-/m1/s1. The zero-order valence-corrected chi connectivity index (χ0v) is 29.4. The molecule has 0 saturated carbocycles. The number of carbonyl (C=O) groups is 4. The number of aryl methyl sites for hydroxylation is 2. The summed E-state index contributed by atoms with van der Waals surface area (Å²) < 4.78 is 34.2. The summed E-state index contributed by atoms with van der Waals surface area (Å²) in [6.45, 7) is 4.15. The van der Waals surface area contributed by atoms with Gasteiger partial charge in [-0.05, 0) is 108 Å². The van der Waals surface area contributed by atoms with E-state index in [1.165, 1.54) is 48.5 Å². The molecule has 10 heteroatoms. The summed E-state index contributed by atoms with van der Waals surface area (Å²) in [6.07, 6.45) is -2.69. The van der Waals surface area contributed by atoms with Gasteiger partial charge < -0.3 is 28.4 Å². The maximum atomic E-state index is 13.0. The molecule has 0 spiro atoms. The fourth-order valence-corrected chi connectivity index (χ4v) is 6.68. The van der Waals surface area contributed by atoms with Crippen LogP contribution < -0.4 is 9.47 Å². The van der Waals surface area contributed by atoms with Crippen LogP contribution in [0.2, 0.25) is 0 Å². The van der Waals surface area contributed by atoms with Crippen molar-refractivity contribution in [1.82, 2.24) is 0 Å². The van der Waals surface area contributed by atoms with Gasteiger partial charge in [0.05, 0.1) is 35.5 Å². The van der Waals surface area contributed by atoms with E-state index < -0.39 is 48.3 Å². The largest absolute Gasteiger partial charge is 0.453 e. The topological polar surface area (TPSA) is 124 Å². The zero-order chi connectivity index (χ0) is 37.3. The van der Waals surface area contributed by atoms with Gasteiger partial charge in [-0.2, -0.15) is 0 Å². The molecule has 2 saturated heterocycles. The molecule has 4 atom stereocenters. The number of hydrogen-bond acceptors (Lipinski definition) is 10. The second kappa shape index (κ2) is 14.6. The first-order chi connectivity index (χ1) is 26.2. The second-order valence-electron chi connectivity index (χ2n) is 13.4. The number of ether oxygens (including phenoxy) is 6. The van der Waals surface area contributed by atoms with Crippen molar-refractivity contribution in [3.05, 3.63) is 155 Å². The smallest absolute Gasteiger partial charge is 0.343 e. The van der Waals surface area contributed by atoms with Gasteiger partial charge in [0.2, 0.25) is 0 Å². The minimum atomic E-state index is -0.721. The van der Waals surface area contributed by atoms with E-state index in [-0.39, 0.29) is 35.8 Å². The van der Waals surface area contributed by atoms with Crippen molar-refractivity contribution in [3.8, 4) is 11.5 Å². The Morgan fingerprint density at radius 3 is 1.20 bits per heavy atom. The van der Waals surface area contributed by atoms with E-state index in [1.54, 1.807) is 24.3 Å². The van der Waals surface area contributed by atoms with E-state index in [0.29, 0.717) is 11.1 Å². The van der Waals surface area contributed by atoms with E-state index in [1.807, 2.05) is 62.4 Å². The van der Waals surface area contributed by atoms with Crippen LogP contribution in [0.15, 0.2) is 121 Å². The van der Waals surface area contributed by atoms with Crippen LogP contribution in [0, 0.1) is 13.8 Å². The zero-order valence-electron chi connectivity index (χ0n) is 29.4. The second-order valence-corrected chi connectivity index (χ2v) is 13.4. The molecule has 8 rings (SSSR count). The third-order valence-corrected chi connectivity index (χ3v) is 9.54. The lowest BCUT2D eigenvalue weighted by Crippen LogP contribution is -2.36. The average molecular weight is 723 g/mol. The molecular formula is C44H34O10. The molecule has 0 aliphatic carbocycles. The molecule has 54 heavy (non-hydrogen) atoms. The van der Waals surface area contributed by atoms with Crippen LogP contribution in [0.5, 0.6) is 11.5 Å². The molecule has 6 aromatic rings. The summed E-state index contributed by atoms with van der Waals surface area (Å²) in [4.78, 5) is 51.6. The molecule has 0 amide bonds. The Kier molecular flexibility index (Phi) is 9.37. The van der Waals surface area contributed by atoms with Crippen LogP contribution in [-0.2, 0) is 18.9 Å².